The predicted octanol–water partition coefficient (Wildman–Crippen LogP) is 11.8. The van der Waals surface area contributed by atoms with Gasteiger partial charge in [0.1, 0.15) is 0 Å². The summed E-state index contributed by atoms with van der Waals surface area (Å²) >= 11 is -8.20. The quantitative estimate of drug-likeness (QED) is 0.113. The van der Waals surface area contributed by atoms with Gasteiger partial charge in [-0.1, -0.05) is 6.58 Å². The third kappa shape index (κ3) is 18.2. The first-order valence-electron chi connectivity index (χ1n) is 29.2. The number of rotatable bonds is 14. The molecule has 0 heterocycles. The monoisotopic (exact) mass is 1630 g/mol. The summed E-state index contributed by atoms with van der Waals surface area (Å²) in [5.74, 6) is 2.98. The molecule has 0 radical (unpaired) electrons. The second kappa shape index (κ2) is 30.4. The normalized spacial score (nSPS) is 29.8. The number of aliphatic carboxylic acids is 2. The molecule has 12 aliphatic carbocycles. The van der Waals surface area contributed by atoms with E-state index in [4.69, 9.17) is 23.5 Å². The third-order valence-electron chi connectivity index (χ3n) is 17.8. The molecule has 0 atom stereocenters. The second-order valence-electron chi connectivity index (χ2n) is 25.1. The summed E-state index contributed by atoms with van der Waals surface area (Å²) in [6, 6.07) is 27.9. The van der Waals surface area contributed by atoms with E-state index < -0.39 is 91.8 Å². The molecule has 466 valence electrons. The molecule has 12 fully saturated rings. The third-order valence-corrected chi connectivity index (χ3v) is 28.5. The molecular weight excluding hydrogens is 1540 g/mol. The molecule has 2 N–H and O–H groups in total. The Morgan fingerprint density at radius 1 is 0.376 bits per heavy atom. The van der Waals surface area contributed by atoms with Crippen LogP contribution in [0.4, 0.5) is 0 Å². The van der Waals surface area contributed by atoms with E-state index in [1.54, 1.807) is 19.1 Å². The van der Waals surface area contributed by atoms with Crippen molar-refractivity contribution in [3.63, 3.8) is 0 Å². The van der Waals surface area contributed by atoms with Gasteiger partial charge in [0.15, 0.2) is 0 Å². The summed E-state index contributed by atoms with van der Waals surface area (Å²) in [5, 5.41) is 17.2. The molecule has 12 bridgehead atoms. The predicted molar refractivity (Wildman–Crippen MR) is 338 cm³/mol. The Bertz CT molecular complexity index is 2760. The van der Waals surface area contributed by atoms with Crippen molar-refractivity contribution in [3.05, 3.63) is 126 Å². The van der Waals surface area contributed by atoms with E-state index in [1.807, 2.05) is 78.9 Å². The molecule has 0 aromatic heterocycles. The molecular formula is C65H81I4O16-. The van der Waals surface area contributed by atoms with E-state index in [-0.39, 0.29) is 63.7 Å². The molecule has 0 aliphatic heterocycles. The number of carbonyl (C=O) groups excluding carboxylic acids is 6. The maximum Gasteiger partial charge on any atom is 0.309 e. The van der Waals surface area contributed by atoms with Crippen LogP contribution in [0.2, 0.25) is 0 Å². The summed E-state index contributed by atoms with van der Waals surface area (Å²) in [6.45, 7) is 13.8. The van der Waals surface area contributed by atoms with Gasteiger partial charge in [0.25, 0.3) is 0 Å². The number of hydrogen-bond acceptors (Lipinski definition) is 14. The average Bonchev–Trinajstić information content (AvgIpc) is 1.29. The van der Waals surface area contributed by atoms with Gasteiger partial charge in [0, 0.05) is 5.57 Å². The minimum Gasteiger partial charge on any atom is -1.00 e. The van der Waals surface area contributed by atoms with Gasteiger partial charge < -0.3 is 34.2 Å². The molecule has 12 aliphatic rings. The maximum absolute atomic E-state index is 13.2. The van der Waals surface area contributed by atoms with E-state index in [1.165, 1.54) is 85.5 Å². The van der Waals surface area contributed by atoms with E-state index >= 15 is 0 Å². The van der Waals surface area contributed by atoms with Crippen LogP contribution in [0, 0.1) is 80.2 Å². The summed E-state index contributed by atoms with van der Waals surface area (Å²) in [6.07, 6.45) is 20.4. The Balaban J connectivity index is 0.000000162. The second-order valence-corrected chi connectivity index (χ2v) is 35.2. The molecule has 20 heteroatoms. The van der Waals surface area contributed by atoms with Crippen LogP contribution in [-0.2, 0) is 56.8 Å². The summed E-state index contributed by atoms with van der Waals surface area (Å²) < 4.78 is 35.4. The van der Waals surface area contributed by atoms with Crippen LogP contribution in [-0.4, -0.2) is 58.0 Å². The Morgan fingerprint density at radius 3 is 0.812 bits per heavy atom. The molecule has 0 spiro atoms. The fourth-order valence-corrected chi connectivity index (χ4v) is 24.6. The van der Waals surface area contributed by atoms with Crippen molar-refractivity contribution < 1.29 is 90.9 Å². The molecule has 0 unspecified atom stereocenters. The molecule has 3 aromatic carbocycles. The SMILES string of the molecule is C=C(C)C(=O)O.C=C(C)C(=O)OI(OC(=O)C12CC3CC(CC(C3)C1)C2)c1ccccc1.CC(=O)OI(OC(=O)C12CC3CC(CC(C3)C1)C2)c1ccccc1.CC(=O)OI(OC(C)=O)c1ccccc1.O=C(O)C12CC3CC(CC(C3)C1)C2.[I-]. The first kappa shape index (κ1) is 68.3. The van der Waals surface area contributed by atoms with Crippen LogP contribution < -0.4 is 24.0 Å². The molecule has 0 amide bonds. The molecule has 12 saturated carbocycles. The maximum atomic E-state index is 13.2. The molecule has 16 nitrogen and oxygen atoms in total. The number of halogens is 4. The van der Waals surface area contributed by atoms with Crippen molar-refractivity contribution in [2.24, 2.45) is 69.5 Å². The fraction of sp³-hybridized carbons (Fsp3) is 0.538. The van der Waals surface area contributed by atoms with Crippen molar-refractivity contribution in [1.82, 2.24) is 0 Å². The summed E-state index contributed by atoms with van der Waals surface area (Å²) in [4.78, 5) is 92.4. The fourth-order valence-electron chi connectivity index (χ4n) is 15.7. The Morgan fingerprint density at radius 2 is 0.600 bits per heavy atom. The van der Waals surface area contributed by atoms with Crippen molar-refractivity contribution in [2.45, 2.75) is 150 Å². The van der Waals surface area contributed by atoms with Gasteiger partial charge in [0.05, 0.1) is 5.41 Å². The van der Waals surface area contributed by atoms with Crippen molar-refractivity contribution in [2.75, 3.05) is 0 Å². The standard InChI is InChI=1S/C21H25IO4.C19H23IO4.C11H16O2.C10H11IO4.C4H6O2.HI/c1-14(2)19(23)25-22(18-6-4-3-5-7-18)26-20(24)21-11-15-8-16(12-21)10-17(9-15)13-21;1-13(21)23-20(17-5-3-2-4-6-17)24-18(22)19-10-14-7-15(11-19)9-16(8-14)12-19;12-10(13)11-4-7-1-8(5-11)3-9(2-7)6-11;1-8(12)14-11(15-9(2)13)10-6-4-3-5-7-10;1-3(2)4(5)6;/h3-7,15-17H,1,8-13H2,2H3;2-6,14-16H,7-12H2,1H3;7-9H,1-6H2,(H,12,13);3-7H,1-2H3;1H2,2H3,(H,5,6);1H/p-1. The smallest absolute Gasteiger partial charge is 0.309 e. The Kier molecular flexibility index (Phi) is 24.4. The van der Waals surface area contributed by atoms with E-state index in [0.29, 0.717) is 41.1 Å². The number of carboxylic acids is 2. The molecule has 15 rings (SSSR count). The zero-order valence-corrected chi connectivity index (χ0v) is 57.8. The minimum atomic E-state index is -2.86. The van der Waals surface area contributed by atoms with Crippen LogP contribution in [0.25, 0.3) is 0 Å². The molecule has 85 heavy (non-hydrogen) atoms. The Hall–Kier alpha value is -4.18. The van der Waals surface area contributed by atoms with Gasteiger partial charge in [0.2, 0.25) is 0 Å². The molecule has 3 aromatic rings. The van der Waals surface area contributed by atoms with Gasteiger partial charge >= 0.3 is 422 Å². The van der Waals surface area contributed by atoms with Crippen LogP contribution in [0.1, 0.15) is 150 Å². The average molecular weight is 1630 g/mol. The first-order chi connectivity index (χ1) is 39.9. The summed E-state index contributed by atoms with van der Waals surface area (Å²) in [7, 11) is 0. The van der Waals surface area contributed by atoms with E-state index in [2.05, 4.69) is 13.2 Å². The van der Waals surface area contributed by atoms with Crippen molar-refractivity contribution in [1.29, 1.82) is 0 Å². The number of hydrogen-bond donors (Lipinski definition) is 2. The van der Waals surface area contributed by atoms with Crippen LogP contribution in [0.15, 0.2) is 115 Å². The minimum absolute atomic E-state index is 0. The van der Waals surface area contributed by atoms with Crippen LogP contribution >= 0.6 is 61.9 Å². The molecule has 0 saturated heterocycles. The number of carboxylic acid groups (broad SMARTS) is 2. The van der Waals surface area contributed by atoms with E-state index in [0.717, 1.165) is 86.3 Å². The van der Waals surface area contributed by atoms with Gasteiger partial charge in [-0.25, -0.2) is 4.79 Å². The summed E-state index contributed by atoms with van der Waals surface area (Å²) in [5.41, 5.74) is -0.424. The van der Waals surface area contributed by atoms with Gasteiger partial charge in [-0.2, -0.15) is 0 Å². The number of benzene rings is 3. The van der Waals surface area contributed by atoms with Crippen LogP contribution in [0.5, 0.6) is 0 Å². The first-order valence-corrected chi connectivity index (χ1v) is 37.7. The topological polar surface area (TPSA) is 232 Å². The van der Waals surface area contributed by atoms with E-state index in [9.17, 15) is 43.5 Å². The zero-order valence-electron chi connectivity index (χ0n) is 49.1. The zero-order chi connectivity index (χ0) is 60.5. The Labute approximate surface area is 541 Å². The largest absolute Gasteiger partial charge is 1.00 e. The van der Waals surface area contributed by atoms with Gasteiger partial charge in [-0.05, 0) is 63.2 Å². The van der Waals surface area contributed by atoms with Crippen LogP contribution in [0.3, 0.4) is 0 Å². The van der Waals surface area contributed by atoms with Gasteiger partial charge in [-0.3, -0.25) is 4.79 Å². The number of carbonyl (C=O) groups is 8. The van der Waals surface area contributed by atoms with Crippen molar-refractivity contribution in [3.8, 4) is 0 Å². The van der Waals surface area contributed by atoms with Gasteiger partial charge in [-0.15, -0.1) is 0 Å². The van der Waals surface area contributed by atoms with Crippen molar-refractivity contribution >= 4 is 110 Å².